The van der Waals surface area contributed by atoms with Crippen LogP contribution in [0, 0.1) is 11.8 Å². The maximum Gasteiger partial charge on any atom is 0.261 e. The minimum Gasteiger partial charge on any atom is -0.395 e. The highest BCUT2D eigenvalue weighted by Gasteiger charge is 2.11. The Morgan fingerprint density at radius 1 is 1.38 bits per heavy atom. The second-order valence-electron chi connectivity index (χ2n) is 5.16. The van der Waals surface area contributed by atoms with Crippen molar-refractivity contribution in [2.24, 2.45) is 0 Å². The van der Waals surface area contributed by atoms with E-state index >= 15 is 0 Å². The Morgan fingerprint density at radius 2 is 2.19 bits per heavy atom. The zero-order valence-electron chi connectivity index (χ0n) is 12.9. The Morgan fingerprint density at radius 3 is 2.90 bits per heavy atom. The smallest absolute Gasteiger partial charge is 0.261 e. The molecule has 0 fully saturated rings. The summed E-state index contributed by atoms with van der Waals surface area (Å²) in [6.07, 6.45) is 6.39. The van der Waals surface area contributed by atoms with E-state index in [1.807, 2.05) is 12.1 Å². The van der Waals surface area contributed by atoms with E-state index in [1.54, 1.807) is 0 Å². The summed E-state index contributed by atoms with van der Waals surface area (Å²) in [7, 11) is 0. The Labute approximate surface area is 131 Å². The standard InChI is InChI=1S/C17H25NO2S/c1-3-4-5-6-9-14(2)18-17(20)16-12-11-15(21-16)10-7-8-13-19/h11-12,14,19H,3-6,8-9,13H2,1-2H3,(H,18,20). The van der Waals surface area contributed by atoms with Gasteiger partial charge >= 0.3 is 0 Å². The zero-order chi connectivity index (χ0) is 15.5. The second-order valence-corrected chi connectivity index (χ2v) is 6.25. The topological polar surface area (TPSA) is 49.3 Å². The fourth-order valence-electron chi connectivity index (χ4n) is 1.98. The molecule has 0 aliphatic carbocycles. The van der Waals surface area contributed by atoms with Crippen molar-refractivity contribution in [3.05, 3.63) is 21.9 Å². The quantitative estimate of drug-likeness (QED) is 0.570. The van der Waals surface area contributed by atoms with Crippen LogP contribution < -0.4 is 5.32 Å². The Bertz CT molecular complexity index is 484. The van der Waals surface area contributed by atoms with Crippen molar-refractivity contribution in [3.8, 4) is 11.8 Å². The molecule has 0 radical (unpaired) electrons. The van der Waals surface area contributed by atoms with Gasteiger partial charge in [-0.3, -0.25) is 4.79 Å². The van der Waals surface area contributed by atoms with E-state index in [2.05, 4.69) is 31.0 Å². The number of hydrogen-bond donors (Lipinski definition) is 2. The van der Waals surface area contributed by atoms with E-state index in [-0.39, 0.29) is 18.6 Å². The normalized spacial score (nSPS) is 11.6. The van der Waals surface area contributed by atoms with Crippen LogP contribution in [0.5, 0.6) is 0 Å². The summed E-state index contributed by atoms with van der Waals surface area (Å²) in [4.78, 5) is 13.7. The summed E-state index contributed by atoms with van der Waals surface area (Å²) < 4.78 is 0. The second kappa shape index (κ2) is 10.4. The predicted molar refractivity (Wildman–Crippen MR) is 88.6 cm³/mol. The van der Waals surface area contributed by atoms with Crippen molar-refractivity contribution < 1.29 is 9.90 Å². The van der Waals surface area contributed by atoms with Crippen LogP contribution in [0.15, 0.2) is 12.1 Å². The van der Waals surface area contributed by atoms with Crippen LogP contribution in [0.3, 0.4) is 0 Å². The summed E-state index contributed by atoms with van der Waals surface area (Å²) in [5, 5.41) is 11.7. The Hall–Kier alpha value is -1.31. The van der Waals surface area contributed by atoms with Crippen LogP contribution in [0.2, 0.25) is 0 Å². The lowest BCUT2D eigenvalue weighted by molar-refractivity contribution is 0.0942. The molecular weight excluding hydrogens is 282 g/mol. The minimum absolute atomic E-state index is 0.0156. The average Bonchev–Trinajstić information content (AvgIpc) is 2.93. The van der Waals surface area contributed by atoms with E-state index in [0.717, 1.165) is 17.7 Å². The molecule has 2 N–H and O–H groups in total. The van der Waals surface area contributed by atoms with Gasteiger partial charge in [-0.05, 0) is 25.5 Å². The molecule has 1 unspecified atom stereocenters. The molecule has 3 nitrogen and oxygen atoms in total. The van der Waals surface area contributed by atoms with Crippen molar-refractivity contribution in [2.45, 2.75) is 58.4 Å². The number of aliphatic hydroxyl groups excluding tert-OH is 1. The van der Waals surface area contributed by atoms with E-state index < -0.39 is 0 Å². The van der Waals surface area contributed by atoms with Gasteiger partial charge in [0, 0.05) is 12.5 Å². The van der Waals surface area contributed by atoms with Gasteiger partial charge in [-0.15, -0.1) is 11.3 Å². The van der Waals surface area contributed by atoms with Crippen LogP contribution >= 0.6 is 11.3 Å². The number of nitrogens with one attached hydrogen (secondary N) is 1. The van der Waals surface area contributed by atoms with Gasteiger partial charge in [-0.1, -0.05) is 44.4 Å². The number of aliphatic hydroxyl groups is 1. The fourth-order valence-corrected chi connectivity index (χ4v) is 2.76. The van der Waals surface area contributed by atoms with Crippen molar-refractivity contribution >= 4 is 17.2 Å². The first-order valence-corrected chi connectivity index (χ1v) is 8.49. The number of unbranched alkanes of at least 4 members (excludes halogenated alkanes) is 3. The van der Waals surface area contributed by atoms with Gasteiger partial charge in [0.2, 0.25) is 0 Å². The molecule has 0 spiro atoms. The highest BCUT2D eigenvalue weighted by Crippen LogP contribution is 2.16. The highest BCUT2D eigenvalue weighted by molar-refractivity contribution is 7.14. The number of hydrogen-bond acceptors (Lipinski definition) is 3. The third-order valence-corrected chi connectivity index (χ3v) is 4.15. The maximum atomic E-state index is 12.1. The van der Waals surface area contributed by atoms with Crippen molar-refractivity contribution in [1.29, 1.82) is 0 Å². The summed E-state index contributed by atoms with van der Waals surface area (Å²) in [6.45, 7) is 4.32. The largest absolute Gasteiger partial charge is 0.395 e. The lowest BCUT2D eigenvalue weighted by Crippen LogP contribution is -2.31. The molecule has 4 heteroatoms. The molecule has 0 saturated heterocycles. The Balaban J connectivity index is 2.40. The molecule has 1 heterocycles. The summed E-state index contributed by atoms with van der Waals surface area (Å²) in [6, 6.07) is 3.88. The molecule has 0 aliphatic rings. The molecule has 0 bridgehead atoms. The first-order chi connectivity index (χ1) is 10.2. The van der Waals surface area contributed by atoms with Crippen LogP contribution in [0.4, 0.5) is 0 Å². The molecule has 0 aliphatic heterocycles. The first-order valence-electron chi connectivity index (χ1n) is 7.67. The number of thiophene rings is 1. The minimum atomic E-state index is -0.0156. The third kappa shape index (κ3) is 7.31. The van der Waals surface area contributed by atoms with Gasteiger partial charge in [0.05, 0.1) is 16.4 Å². The third-order valence-electron chi connectivity index (χ3n) is 3.15. The van der Waals surface area contributed by atoms with Gasteiger partial charge < -0.3 is 10.4 Å². The predicted octanol–water partition coefficient (Wildman–Crippen LogP) is 3.57. The van der Waals surface area contributed by atoms with E-state index in [1.165, 1.54) is 30.6 Å². The molecule has 1 aromatic heterocycles. The molecule has 0 aromatic carbocycles. The lowest BCUT2D eigenvalue weighted by Gasteiger charge is -2.12. The first kappa shape index (κ1) is 17.7. The van der Waals surface area contributed by atoms with Gasteiger partial charge in [0.1, 0.15) is 0 Å². The molecule has 1 aromatic rings. The monoisotopic (exact) mass is 307 g/mol. The van der Waals surface area contributed by atoms with E-state index in [0.29, 0.717) is 11.3 Å². The number of carbonyl (C=O) groups excluding carboxylic acids is 1. The molecule has 21 heavy (non-hydrogen) atoms. The summed E-state index contributed by atoms with van der Waals surface area (Å²) in [5.74, 6) is 5.80. The lowest BCUT2D eigenvalue weighted by atomic mass is 10.1. The van der Waals surface area contributed by atoms with Crippen molar-refractivity contribution in [2.75, 3.05) is 6.61 Å². The van der Waals surface area contributed by atoms with E-state index in [9.17, 15) is 4.79 Å². The molecule has 1 amide bonds. The van der Waals surface area contributed by atoms with Crippen LogP contribution in [0.25, 0.3) is 0 Å². The maximum absolute atomic E-state index is 12.1. The molecule has 116 valence electrons. The van der Waals surface area contributed by atoms with Crippen molar-refractivity contribution in [3.63, 3.8) is 0 Å². The Kier molecular flexibility index (Phi) is 8.80. The zero-order valence-corrected chi connectivity index (χ0v) is 13.8. The van der Waals surface area contributed by atoms with Gasteiger partial charge in [-0.2, -0.15) is 0 Å². The van der Waals surface area contributed by atoms with Crippen LogP contribution in [-0.2, 0) is 0 Å². The number of amides is 1. The van der Waals surface area contributed by atoms with Crippen LogP contribution in [-0.4, -0.2) is 23.7 Å². The summed E-state index contributed by atoms with van der Waals surface area (Å²) >= 11 is 1.40. The van der Waals surface area contributed by atoms with Gasteiger partial charge in [0.25, 0.3) is 5.91 Å². The SMILES string of the molecule is CCCCCCC(C)NC(=O)c1ccc(C#CCCO)s1. The van der Waals surface area contributed by atoms with Crippen molar-refractivity contribution in [1.82, 2.24) is 5.32 Å². The highest BCUT2D eigenvalue weighted by atomic mass is 32.1. The molecule has 0 saturated carbocycles. The number of carbonyl (C=O) groups is 1. The van der Waals surface area contributed by atoms with Gasteiger partial charge in [0.15, 0.2) is 0 Å². The fraction of sp³-hybridized carbons (Fsp3) is 0.588. The molecule has 1 rings (SSSR count). The van der Waals surface area contributed by atoms with Gasteiger partial charge in [-0.25, -0.2) is 0 Å². The number of rotatable bonds is 8. The van der Waals surface area contributed by atoms with Crippen LogP contribution in [0.1, 0.15) is 66.9 Å². The molecular formula is C17H25NO2S. The van der Waals surface area contributed by atoms with E-state index in [4.69, 9.17) is 5.11 Å². The average molecular weight is 307 g/mol. The molecule has 1 atom stereocenters. The summed E-state index contributed by atoms with van der Waals surface area (Å²) in [5.41, 5.74) is 0.